The zero-order valence-electron chi connectivity index (χ0n) is 25.3. The first-order valence-electron chi connectivity index (χ1n) is 15.1. The fourth-order valence-electron chi connectivity index (χ4n) is 5.14. The van der Waals surface area contributed by atoms with Crippen LogP contribution in [0.25, 0.3) is 5.69 Å². The van der Waals surface area contributed by atoms with Crippen molar-refractivity contribution in [2.75, 3.05) is 79.2 Å². The lowest BCUT2D eigenvalue weighted by Crippen LogP contribution is -2.40. The minimum Gasteiger partial charge on any atom is -0.459 e. The van der Waals surface area contributed by atoms with E-state index in [2.05, 4.69) is 0 Å². The summed E-state index contributed by atoms with van der Waals surface area (Å²) in [5.74, 6) is -0.610. The number of carbonyl (C=O) groups is 1. The van der Waals surface area contributed by atoms with Gasteiger partial charge in [-0.25, -0.2) is 4.68 Å². The minimum absolute atomic E-state index is 0.0702. The van der Waals surface area contributed by atoms with Gasteiger partial charge >= 0.3 is 0 Å². The third kappa shape index (κ3) is 9.24. The summed E-state index contributed by atoms with van der Waals surface area (Å²) in [4.78, 5) is 29.4. The maximum absolute atomic E-state index is 13.9. The molecule has 0 saturated carbocycles. The van der Waals surface area contributed by atoms with E-state index in [0.717, 1.165) is 11.4 Å². The van der Waals surface area contributed by atoms with Crippen LogP contribution in [0.3, 0.4) is 0 Å². The van der Waals surface area contributed by atoms with Crippen molar-refractivity contribution in [1.29, 1.82) is 0 Å². The molecule has 12 nitrogen and oxygen atoms in total. The summed E-state index contributed by atoms with van der Waals surface area (Å²) in [7, 11) is 1.85. The third-order valence-electron chi connectivity index (χ3n) is 7.51. The largest absolute Gasteiger partial charge is 0.459 e. The molecule has 0 unspecified atom stereocenters. The molecule has 1 aromatic carbocycles. The van der Waals surface area contributed by atoms with Crippen LogP contribution in [0.1, 0.15) is 36.4 Å². The van der Waals surface area contributed by atoms with Crippen LogP contribution in [-0.4, -0.2) is 111 Å². The summed E-state index contributed by atoms with van der Waals surface area (Å²) in [6.07, 6.45) is 2.63. The highest BCUT2D eigenvalue weighted by atomic mass is 16.7. The van der Waals surface area contributed by atoms with Crippen molar-refractivity contribution >= 4 is 5.91 Å². The highest BCUT2D eigenvalue weighted by Crippen LogP contribution is 2.33. The van der Waals surface area contributed by atoms with Gasteiger partial charge < -0.3 is 38.4 Å². The molecular formula is C31H45N3O9. The molecule has 1 saturated heterocycles. The Kier molecular flexibility index (Phi) is 13.3. The van der Waals surface area contributed by atoms with Crippen molar-refractivity contribution in [3.8, 4) is 5.69 Å². The SMILES string of the molecule is Cc1c([C@H]2C=C(C(=O)N3CCOCCOCCOCCOCC3)O[C@@H](OCCCCO)C2)c(=O)n(-c2ccccc2)n1C. The second-order valence-corrected chi connectivity index (χ2v) is 10.4. The quantitative estimate of drug-likeness (QED) is 0.451. The lowest BCUT2D eigenvalue weighted by Gasteiger charge is -2.31. The zero-order chi connectivity index (χ0) is 30.4. The maximum Gasteiger partial charge on any atom is 0.288 e. The van der Waals surface area contributed by atoms with Crippen LogP contribution in [0, 0.1) is 6.92 Å². The molecule has 43 heavy (non-hydrogen) atoms. The molecule has 3 heterocycles. The molecule has 2 aliphatic rings. The summed E-state index contributed by atoms with van der Waals surface area (Å²) in [6.45, 7) is 6.31. The fourth-order valence-corrected chi connectivity index (χ4v) is 5.14. The predicted octanol–water partition coefficient (Wildman–Crippen LogP) is 1.90. The van der Waals surface area contributed by atoms with Crippen LogP contribution in [0.15, 0.2) is 47.0 Å². The van der Waals surface area contributed by atoms with Crippen LogP contribution in [0.5, 0.6) is 0 Å². The molecule has 0 bridgehead atoms. The Hall–Kier alpha value is -3.00. The fraction of sp³-hybridized carbons (Fsp3) is 0.613. The lowest BCUT2D eigenvalue weighted by atomic mass is 9.93. The maximum atomic E-state index is 13.9. The van der Waals surface area contributed by atoms with Crippen molar-refractivity contribution in [3.05, 3.63) is 63.8 Å². The number of carbonyl (C=O) groups excluding carboxylic acids is 1. The van der Waals surface area contributed by atoms with Crippen LogP contribution < -0.4 is 5.56 Å². The van der Waals surface area contributed by atoms with E-state index in [0.29, 0.717) is 97.4 Å². The van der Waals surface area contributed by atoms with Crippen LogP contribution in [0.2, 0.25) is 0 Å². The average molecular weight is 604 g/mol. The van der Waals surface area contributed by atoms with Crippen molar-refractivity contribution in [3.63, 3.8) is 0 Å². The van der Waals surface area contributed by atoms with E-state index in [1.54, 1.807) is 15.7 Å². The standard InChI is InChI=1S/C31H45N3O9/c1-24-29(31(37)34(32(24)2)26-8-4-3-5-9-26)25-22-27(43-28(23-25)42-13-7-6-12-35)30(36)33-10-14-38-16-18-40-20-21-41-19-17-39-15-11-33/h3-5,8-9,22,25,28,35H,6-7,10-21,23H2,1-2H3/t25-,28+/m0/s1. The van der Waals surface area contributed by atoms with Crippen LogP contribution in [0.4, 0.5) is 0 Å². The predicted molar refractivity (Wildman–Crippen MR) is 158 cm³/mol. The minimum atomic E-state index is -0.734. The van der Waals surface area contributed by atoms with Gasteiger partial charge in [0, 0.05) is 50.3 Å². The Labute approximate surface area is 252 Å². The van der Waals surface area contributed by atoms with Crippen LogP contribution >= 0.6 is 0 Å². The molecule has 2 atom stereocenters. The molecular weight excluding hydrogens is 558 g/mol. The number of hydrogen-bond acceptors (Lipinski definition) is 9. The number of amides is 1. The van der Waals surface area contributed by atoms with E-state index in [9.17, 15) is 14.7 Å². The molecule has 0 radical (unpaired) electrons. The van der Waals surface area contributed by atoms with Crippen LogP contribution in [-0.2, 0) is 40.3 Å². The number of aliphatic hydroxyl groups excluding tert-OH is 1. The van der Waals surface area contributed by atoms with Gasteiger partial charge in [0.05, 0.1) is 65.1 Å². The van der Waals surface area contributed by atoms with Gasteiger partial charge in [0.25, 0.3) is 11.5 Å². The number of aliphatic hydroxyl groups is 1. The molecule has 1 aromatic heterocycles. The number of rotatable bonds is 8. The van der Waals surface area contributed by atoms with Gasteiger partial charge in [0.1, 0.15) is 0 Å². The van der Waals surface area contributed by atoms with Gasteiger partial charge in [0.2, 0.25) is 6.29 Å². The number of nitrogens with zero attached hydrogens (tertiary/aromatic N) is 3. The second-order valence-electron chi connectivity index (χ2n) is 10.4. The monoisotopic (exact) mass is 603 g/mol. The Bertz CT molecular complexity index is 1210. The Balaban J connectivity index is 1.59. The first kappa shape index (κ1) is 32.9. The van der Waals surface area contributed by atoms with Gasteiger partial charge in [-0.3, -0.25) is 14.3 Å². The normalized spacial score (nSPS) is 21.4. The first-order chi connectivity index (χ1) is 21.0. The van der Waals surface area contributed by atoms with E-state index in [1.807, 2.05) is 49.0 Å². The van der Waals surface area contributed by atoms with E-state index in [1.165, 1.54) is 0 Å². The molecule has 2 aliphatic heterocycles. The number of allylic oxidation sites excluding steroid dienone is 1. The van der Waals surface area contributed by atoms with Gasteiger partial charge in [-0.1, -0.05) is 18.2 Å². The Morgan fingerprint density at radius 1 is 0.930 bits per heavy atom. The summed E-state index contributed by atoms with van der Waals surface area (Å²) in [5, 5.41) is 9.17. The third-order valence-corrected chi connectivity index (χ3v) is 7.51. The molecule has 2 aromatic rings. The van der Waals surface area contributed by atoms with Crippen molar-refractivity contribution in [2.45, 2.75) is 38.4 Å². The molecule has 1 fully saturated rings. The van der Waals surface area contributed by atoms with E-state index >= 15 is 0 Å². The number of aromatic nitrogens is 2. The number of benzene rings is 1. The molecule has 1 N–H and O–H groups in total. The highest BCUT2D eigenvalue weighted by molar-refractivity contribution is 5.91. The Morgan fingerprint density at radius 3 is 2.14 bits per heavy atom. The van der Waals surface area contributed by atoms with E-state index in [-0.39, 0.29) is 23.8 Å². The van der Waals surface area contributed by atoms with Gasteiger partial charge in [-0.15, -0.1) is 0 Å². The zero-order valence-corrected chi connectivity index (χ0v) is 25.3. The number of para-hydroxylation sites is 1. The lowest BCUT2D eigenvalue weighted by molar-refractivity contribution is -0.153. The number of hydrogen-bond donors (Lipinski definition) is 1. The van der Waals surface area contributed by atoms with Gasteiger partial charge in [0.15, 0.2) is 5.76 Å². The first-order valence-corrected chi connectivity index (χ1v) is 15.1. The molecule has 12 heteroatoms. The van der Waals surface area contributed by atoms with Gasteiger partial charge in [-0.05, 0) is 38.0 Å². The number of ether oxygens (including phenoxy) is 6. The Morgan fingerprint density at radius 2 is 1.53 bits per heavy atom. The number of unbranched alkanes of at least 4 members (excludes halogenated alkanes) is 1. The summed E-state index contributed by atoms with van der Waals surface area (Å²) in [6, 6.07) is 9.46. The second kappa shape index (κ2) is 17.3. The smallest absolute Gasteiger partial charge is 0.288 e. The molecule has 238 valence electrons. The summed E-state index contributed by atoms with van der Waals surface area (Å²) < 4.78 is 38.0. The topological polar surface area (TPSA) is 123 Å². The highest BCUT2D eigenvalue weighted by Gasteiger charge is 2.34. The van der Waals surface area contributed by atoms with Crippen molar-refractivity contribution < 1.29 is 38.3 Å². The van der Waals surface area contributed by atoms with Gasteiger partial charge in [-0.2, -0.15) is 0 Å². The molecule has 4 rings (SSSR count). The van der Waals surface area contributed by atoms with Crippen molar-refractivity contribution in [2.24, 2.45) is 7.05 Å². The van der Waals surface area contributed by atoms with E-state index in [4.69, 9.17) is 28.4 Å². The molecule has 1 amide bonds. The van der Waals surface area contributed by atoms with E-state index < -0.39 is 12.2 Å². The summed E-state index contributed by atoms with van der Waals surface area (Å²) >= 11 is 0. The average Bonchev–Trinajstić information content (AvgIpc) is 3.24. The molecule has 0 spiro atoms. The van der Waals surface area contributed by atoms with Crippen molar-refractivity contribution in [1.82, 2.24) is 14.3 Å². The molecule has 0 aliphatic carbocycles. The summed E-state index contributed by atoms with van der Waals surface area (Å²) in [5.41, 5.74) is 1.99.